The van der Waals surface area contributed by atoms with Crippen molar-refractivity contribution in [2.45, 2.75) is 40.2 Å². The molecule has 2 aromatic rings. The number of fused-ring (bicyclic) bond motifs is 1. The normalized spacial score (nSPS) is 16.1. The van der Waals surface area contributed by atoms with Crippen LogP contribution in [0.25, 0.3) is 10.9 Å². The lowest BCUT2D eigenvalue weighted by atomic mass is 10.1. The number of carbonyl (C=O) groups is 1. The zero-order valence-corrected chi connectivity index (χ0v) is 17.0. The molecule has 0 saturated carbocycles. The second-order valence-corrected chi connectivity index (χ2v) is 7.12. The van der Waals surface area contributed by atoms with Crippen LogP contribution in [0.3, 0.4) is 0 Å². The Morgan fingerprint density at radius 1 is 1.28 bits per heavy atom. The molecule has 1 unspecified atom stereocenters. The fraction of sp³-hybridized carbons (Fsp3) is 0.500. The number of aromatic nitrogens is 1. The third-order valence-electron chi connectivity index (χ3n) is 4.92. The van der Waals surface area contributed by atoms with E-state index in [1.165, 1.54) is 15.9 Å². The molecule has 1 aliphatic rings. The van der Waals surface area contributed by atoms with Gasteiger partial charge in [-0.3, -0.25) is 4.79 Å². The average Bonchev–Trinajstić information content (AvgIpc) is 3.15. The summed E-state index contributed by atoms with van der Waals surface area (Å²) in [5, 5.41) is 8.75. The van der Waals surface area contributed by atoms with E-state index in [-0.39, 0.29) is 23.7 Å². The number of anilines is 2. The lowest BCUT2D eigenvalue weighted by Crippen LogP contribution is -2.27. The van der Waals surface area contributed by atoms with Crippen molar-refractivity contribution < 1.29 is 18.7 Å². The number of benzene rings is 1. The van der Waals surface area contributed by atoms with Crippen LogP contribution >= 0.6 is 0 Å². The first-order chi connectivity index (χ1) is 13.7. The van der Waals surface area contributed by atoms with Crippen LogP contribution < -0.4 is 21.8 Å². The summed E-state index contributed by atoms with van der Waals surface area (Å²) in [7, 11) is 0. The molecule has 2 heterocycles. The molecule has 0 amide bonds. The quantitative estimate of drug-likeness (QED) is 0.668. The largest absolute Gasteiger partial charge is 0.477 e. The van der Waals surface area contributed by atoms with E-state index in [0.717, 1.165) is 6.20 Å². The van der Waals surface area contributed by atoms with Crippen LogP contribution in [-0.4, -0.2) is 35.3 Å². The molecule has 0 radical (unpaired) electrons. The fourth-order valence-corrected chi connectivity index (χ4v) is 3.50. The van der Waals surface area contributed by atoms with Crippen LogP contribution in [0.15, 0.2) is 11.0 Å². The first kappa shape index (κ1) is 22.6. The van der Waals surface area contributed by atoms with E-state index in [2.05, 4.69) is 13.8 Å². The molecule has 0 bridgehead atoms. The third-order valence-corrected chi connectivity index (χ3v) is 4.92. The molecule has 29 heavy (non-hydrogen) atoms. The molecule has 1 saturated heterocycles. The van der Waals surface area contributed by atoms with E-state index in [0.29, 0.717) is 26.1 Å². The van der Waals surface area contributed by atoms with Crippen molar-refractivity contribution in [1.82, 2.24) is 4.57 Å². The van der Waals surface area contributed by atoms with Crippen molar-refractivity contribution >= 4 is 28.2 Å². The number of aromatic carboxylic acids is 1. The Morgan fingerprint density at radius 2 is 1.90 bits per heavy atom. The van der Waals surface area contributed by atoms with Crippen molar-refractivity contribution in [3.8, 4) is 0 Å². The molecule has 0 spiro atoms. The van der Waals surface area contributed by atoms with Gasteiger partial charge >= 0.3 is 5.97 Å². The Labute approximate surface area is 167 Å². The van der Waals surface area contributed by atoms with Crippen LogP contribution in [0.2, 0.25) is 0 Å². The molecular formula is C20H28F2N4O3. The van der Waals surface area contributed by atoms with Crippen LogP contribution in [-0.2, 0) is 6.54 Å². The maximum atomic E-state index is 15.3. The Hall–Kier alpha value is -2.68. The minimum atomic E-state index is -1.48. The number of carboxylic acids is 1. The highest BCUT2D eigenvalue weighted by atomic mass is 19.1. The van der Waals surface area contributed by atoms with Crippen LogP contribution in [0.1, 0.15) is 44.0 Å². The van der Waals surface area contributed by atoms with Gasteiger partial charge < -0.3 is 26.0 Å². The number of nitrogen functional groups attached to an aromatic ring is 1. The summed E-state index contributed by atoms with van der Waals surface area (Å²) in [4.78, 5) is 25.3. The summed E-state index contributed by atoms with van der Waals surface area (Å²) < 4.78 is 31.4. The molecule has 1 aliphatic heterocycles. The summed E-state index contributed by atoms with van der Waals surface area (Å²) in [5.41, 5.74) is 8.85. The highest BCUT2D eigenvalue weighted by Gasteiger charge is 2.31. The Bertz CT molecular complexity index is 975. The summed E-state index contributed by atoms with van der Waals surface area (Å²) in [6, 6.07) is 0. The third kappa shape index (κ3) is 4.05. The van der Waals surface area contributed by atoms with Gasteiger partial charge in [-0.15, -0.1) is 0 Å². The predicted molar refractivity (Wildman–Crippen MR) is 111 cm³/mol. The summed E-state index contributed by atoms with van der Waals surface area (Å²) >= 11 is 0. The van der Waals surface area contributed by atoms with Crippen molar-refractivity contribution in [2.75, 3.05) is 30.3 Å². The van der Waals surface area contributed by atoms with Crippen LogP contribution in [0.4, 0.5) is 20.2 Å². The Kier molecular flexibility index (Phi) is 7.18. The van der Waals surface area contributed by atoms with Crippen molar-refractivity contribution in [3.63, 3.8) is 0 Å². The van der Waals surface area contributed by atoms with Gasteiger partial charge in [0.25, 0.3) is 0 Å². The zero-order chi connectivity index (χ0) is 21.9. The second-order valence-electron chi connectivity index (χ2n) is 7.12. The monoisotopic (exact) mass is 410 g/mol. The van der Waals surface area contributed by atoms with Crippen molar-refractivity contribution in [3.05, 3.63) is 33.6 Å². The molecule has 1 aromatic carbocycles. The molecule has 9 heteroatoms. The van der Waals surface area contributed by atoms with E-state index < -0.39 is 39.7 Å². The number of hydrogen-bond acceptors (Lipinski definition) is 5. The molecular weight excluding hydrogens is 382 g/mol. The highest BCUT2D eigenvalue weighted by molar-refractivity contribution is 5.99. The standard InChI is InChI=1S/C17H20F2N4O3.C3H8/c1-2-22-7-9(17(25)26)16(24)10-13(21)11(18)15(12(19)14(10)22)23-4-3-8(5-20)6-23;1-3-2/h7-8H,2-6,20-21H2,1H3,(H,25,26);3H2,1-2H3. The Balaban J connectivity index is 0.000000941. The smallest absolute Gasteiger partial charge is 0.341 e. The van der Waals surface area contributed by atoms with Crippen molar-refractivity contribution in [1.29, 1.82) is 0 Å². The number of carboxylic acid groups (broad SMARTS) is 1. The van der Waals surface area contributed by atoms with Crippen LogP contribution in [0, 0.1) is 17.6 Å². The molecule has 5 N–H and O–H groups in total. The number of aryl methyl sites for hydroxylation is 1. The van der Waals surface area contributed by atoms with Gasteiger partial charge in [0.15, 0.2) is 11.6 Å². The second kappa shape index (κ2) is 9.21. The van der Waals surface area contributed by atoms with Gasteiger partial charge in [-0.1, -0.05) is 20.3 Å². The summed E-state index contributed by atoms with van der Waals surface area (Å²) in [5.74, 6) is -3.32. The van der Waals surface area contributed by atoms with Gasteiger partial charge in [-0.25, -0.2) is 13.6 Å². The van der Waals surface area contributed by atoms with E-state index in [1.807, 2.05) is 0 Å². The topological polar surface area (TPSA) is 115 Å². The van der Waals surface area contributed by atoms with Gasteiger partial charge in [0.05, 0.1) is 16.6 Å². The minimum Gasteiger partial charge on any atom is -0.477 e. The van der Waals surface area contributed by atoms with Gasteiger partial charge in [0.1, 0.15) is 11.3 Å². The van der Waals surface area contributed by atoms with E-state index in [1.54, 1.807) is 6.92 Å². The van der Waals surface area contributed by atoms with E-state index in [4.69, 9.17) is 11.5 Å². The highest BCUT2D eigenvalue weighted by Crippen LogP contribution is 2.37. The molecule has 7 nitrogen and oxygen atoms in total. The van der Waals surface area contributed by atoms with Gasteiger partial charge in [-0.2, -0.15) is 0 Å². The number of halogens is 2. The maximum absolute atomic E-state index is 15.3. The lowest BCUT2D eigenvalue weighted by Gasteiger charge is -2.23. The lowest BCUT2D eigenvalue weighted by molar-refractivity contribution is 0.0695. The molecule has 1 aromatic heterocycles. The fourth-order valence-electron chi connectivity index (χ4n) is 3.50. The molecule has 160 valence electrons. The van der Waals surface area contributed by atoms with Gasteiger partial charge in [0.2, 0.25) is 5.43 Å². The van der Waals surface area contributed by atoms with Crippen LogP contribution in [0.5, 0.6) is 0 Å². The van der Waals surface area contributed by atoms with E-state index in [9.17, 15) is 19.1 Å². The first-order valence-corrected chi connectivity index (χ1v) is 9.75. The average molecular weight is 410 g/mol. The summed E-state index contributed by atoms with van der Waals surface area (Å²) in [6.45, 7) is 7.31. The SMILES string of the molecule is CCC.CCn1cc(C(=O)O)c(=O)c2c(N)c(F)c(N3CCC(CN)C3)c(F)c21. The predicted octanol–water partition coefficient (Wildman–Crippen LogP) is 2.78. The molecule has 0 aliphatic carbocycles. The van der Waals surface area contributed by atoms with E-state index >= 15 is 4.39 Å². The van der Waals surface area contributed by atoms with Gasteiger partial charge in [-0.05, 0) is 25.8 Å². The minimum absolute atomic E-state index is 0.119. The number of nitrogens with two attached hydrogens (primary N) is 2. The Morgan fingerprint density at radius 3 is 2.38 bits per heavy atom. The molecule has 1 fully saturated rings. The number of hydrogen-bond donors (Lipinski definition) is 3. The molecule has 3 rings (SSSR count). The number of nitrogens with zero attached hydrogens (tertiary/aromatic N) is 2. The number of pyridine rings is 1. The van der Waals surface area contributed by atoms with Crippen molar-refractivity contribution in [2.24, 2.45) is 11.7 Å². The first-order valence-electron chi connectivity index (χ1n) is 9.75. The van der Waals surface area contributed by atoms with Gasteiger partial charge in [0, 0.05) is 25.8 Å². The molecule has 1 atom stereocenters. The summed E-state index contributed by atoms with van der Waals surface area (Å²) in [6.07, 6.45) is 3.01. The number of rotatable bonds is 4. The maximum Gasteiger partial charge on any atom is 0.341 e. The zero-order valence-electron chi connectivity index (χ0n) is 17.0.